The maximum Gasteiger partial charge on any atom is 0.166 e. The van der Waals surface area contributed by atoms with Crippen LogP contribution in [0.2, 0.25) is 0 Å². The summed E-state index contributed by atoms with van der Waals surface area (Å²) < 4.78 is 5.27. The molecule has 1 rings (SSSR count). The van der Waals surface area contributed by atoms with Crippen LogP contribution in [0, 0.1) is 5.92 Å². The van der Waals surface area contributed by atoms with Crippen LogP contribution in [-0.2, 0) is 4.74 Å². The Morgan fingerprint density at radius 2 is 2.00 bits per heavy atom. The van der Waals surface area contributed by atoms with Gasteiger partial charge in [-0.1, -0.05) is 6.92 Å². The number of thiocarbonyl (C=S) groups is 1. The van der Waals surface area contributed by atoms with Gasteiger partial charge in [0.15, 0.2) is 5.11 Å². The van der Waals surface area contributed by atoms with Crippen molar-refractivity contribution in [3.63, 3.8) is 0 Å². The van der Waals surface area contributed by atoms with E-state index < -0.39 is 0 Å². The molecule has 0 atom stereocenters. The van der Waals surface area contributed by atoms with E-state index >= 15 is 0 Å². The summed E-state index contributed by atoms with van der Waals surface area (Å²) >= 11 is 5.28. The molecule has 1 saturated carbocycles. The molecule has 100 valence electrons. The molecule has 2 N–H and O–H groups in total. The van der Waals surface area contributed by atoms with Gasteiger partial charge < -0.3 is 15.4 Å². The summed E-state index contributed by atoms with van der Waals surface area (Å²) in [6.07, 6.45) is 6.16. The first-order valence-electron chi connectivity index (χ1n) is 6.84. The summed E-state index contributed by atoms with van der Waals surface area (Å²) in [6.45, 7) is 6.86. The van der Waals surface area contributed by atoms with E-state index in [1.807, 2.05) is 6.92 Å². The van der Waals surface area contributed by atoms with Crippen LogP contribution >= 0.6 is 12.2 Å². The molecule has 0 bridgehead atoms. The van der Waals surface area contributed by atoms with E-state index in [1.54, 1.807) is 0 Å². The van der Waals surface area contributed by atoms with Gasteiger partial charge in [-0.15, -0.1) is 0 Å². The normalized spacial score (nSPS) is 24.4. The number of hydrogen-bond donors (Lipinski definition) is 2. The van der Waals surface area contributed by atoms with Gasteiger partial charge in [0.05, 0.1) is 0 Å². The van der Waals surface area contributed by atoms with Crippen molar-refractivity contribution in [3.05, 3.63) is 0 Å². The molecule has 0 unspecified atom stereocenters. The van der Waals surface area contributed by atoms with Crippen LogP contribution in [-0.4, -0.2) is 30.9 Å². The SMILES string of the molecule is CCOCCCNC(=S)NC1CCC(C)CC1. The van der Waals surface area contributed by atoms with Crippen molar-refractivity contribution in [1.82, 2.24) is 10.6 Å². The van der Waals surface area contributed by atoms with Crippen LogP contribution in [0.15, 0.2) is 0 Å². The molecule has 4 heteroatoms. The zero-order valence-electron chi connectivity index (χ0n) is 11.1. The number of ether oxygens (including phenoxy) is 1. The third-order valence-electron chi connectivity index (χ3n) is 3.31. The second kappa shape index (κ2) is 8.70. The molecule has 0 amide bonds. The fourth-order valence-corrected chi connectivity index (χ4v) is 2.43. The smallest absolute Gasteiger partial charge is 0.166 e. The fourth-order valence-electron chi connectivity index (χ4n) is 2.16. The molecule has 3 nitrogen and oxygen atoms in total. The Morgan fingerprint density at radius 1 is 1.29 bits per heavy atom. The topological polar surface area (TPSA) is 33.3 Å². The average molecular weight is 258 g/mol. The molecular formula is C13H26N2OS. The van der Waals surface area contributed by atoms with Crippen LogP contribution in [0.5, 0.6) is 0 Å². The molecule has 0 saturated heterocycles. The van der Waals surface area contributed by atoms with Gasteiger partial charge in [0.25, 0.3) is 0 Å². The van der Waals surface area contributed by atoms with Crippen LogP contribution in [0.4, 0.5) is 0 Å². The van der Waals surface area contributed by atoms with Gasteiger partial charge in [0.1, 0.15) is 0 Å². The minimum atomic E-state index is 0.582. The Morgan fingerprint density at radius 3 is 2.65 bits per heavy atom. The molecule has 1 aliphatic carbocycles. The van der Waals surface area contributed by atoms with Gasteiger partial charge in [-0.05, 0) is 57.2 Å². The van der Waals surface area contributed by atoms with Crippen molar-refractivity contribution in [2.45, 2.75) is 52.0 Å². The standard InChI is InChI=1S/C13H26N2OS/c1-3-16-10-4-9-14-13(17)15-12-7-5-11(2)6-8-12/h11-12H,3-10H2,1-2H3,(H2,14,15,17). The van der Waals surface area contributed by atoms with E-state index in [-0.39, 0.29) is 0 Å². The highest BCUT2D eigenvalue weighted by Gasteiger charge is 2.18. The van der Waals surface area contributed by atoms with E-state index in [1.165, 1.54) is 25.7 Å². The highest BCUT2D eigenvalue weighted by molar-refractivity contribution is 7.80. The van der Waals surface area contributed by atoms with Crippen LogP contribution in [0.3, 0.4) is 0 Å². The van der Waals surface area contributed by atoms with Crippen molar-refractivity contribution < 1.29 is 4.74 Å². The van der Waals surface area contributed by atoms with Gasteiger partial charge >= 0.3 is 0 Å². The van der Waals surface area contributed by atoms with E-state index in [4.69, 9.17) is 17.0 Å². The predicted octanol–water partition coefficient (Wildman–Crippen LogP) is 2.46. The van der Waals surface area contributed by atoms with Crippen molar-refractivity contribution in [1.29, 1.82) is 0 Å². The van der Waals surface area contributed by atoms with Gasteiger partial charge in [-0.3, -0.25) is 0 Å². The number of rotatable bonds is 6. The van der Waals surface area contributed by atoms with Crippen molar-refractivity contribution in [2.24, 2.45) is 5.92 Å². The molecular weight excluding hydrogens is 232 g/mol. The number of hydrogen-bond acceptors (Lipinski definition) is 2. The van der Waals surface area contributed by atoms with Gasteiger partial charge in [-0.25, -0.2) is 0 Å². The second-order valence-corrected chi connectivity index (χ2v) is 5.32. The maximum absolute atomic E-state index is 5.28. The quantitative estimate of drug-likeness (QED) is 0.566. The van der Waals surface area contributed by atoms with Gasteiger partial charge in [-0.2, -0.15) is 0 Å². The molecule has 1 fully saturated rings. The van der Waals surface area contributed by atoms with Crippen molar-refractivity contribution in [3.8, 4) is 0 Å². The first kappa shape index (κ1) is 14.7. The zero-order valence-corrected chi connectivity index (χ0v) is 11.9. The first-order valence-corrected chi connectivity index (χ1v) is 7.25. The Hall–Kier alpha value is -0.350. The Balaban J connectivity index is 2.00. The molecule has 0 aromatic heterocycles. The lowest BCUT2D eigenvalue weighted by atomic mass is 9.87. The van der Waals surface area contributed by atoms with Crippen LogP contribution < -0.4 is 10.6 Å². The number of nitrogens with one attached hydrogen (secondary N) is 2. The predicted molar refractivity (Wildman–Crippen MR) is 76.3 cm³/mol. The summed E-state index contributed by atoms with van der Waals surface area (Å²) in [4.78, 5) is 0. The molecule has 17 heavy (non-hydrogen) atoms. The zero-order chi connectivity index (χ0) is 12.5. The Labute approximate surface area is 111 Å². The summed E-state index contributed by atoms with van der Waals surface area (Å²) in [5.41, 5.74) is 0. The van der Waals surface area contributed by atoms with Gasteiger partial charge in [0, 0.05) is 25.8 Å². The van der Waals surface area contributed by atoms with E-state index in [2.05, 4.69) is 17.6 Å². The minimum absolute atomic E-state index is 0.582. The Bertz CT molecular complexity index is 215. The summed E-state index contributed by atoms with van der Waals surface area (Å²) in [7, 11) is 0. The summed E-state index contributed by atoms with van der Waals surface area (Å²) in [5, 5.41) is 7.46. The lowest BCUT2D eigenvalue weighted by molar-refractivity contribution is 0.145. The van der Waals surface area contributed by atoms with Crippen LogP contribution in [0.1, 0.15) is 46.0 Å². The lowest BCUT2D eigenvalue weighted by Gasteiger charge is -2.28. The van der Waals surface area contributed by atoms with E-state index in [0.717, 1.165) is 37.2 Å². The minimum Gasteiger partial charge on any atom is -0.382 e. The summed E-state index contributed by atoms with van der Waals surface area (Å²) in [5.74, 6) is 0.890. The van der Waals surface area contributed by atoms with Gasteiger partial charge in [0.2, 0.25) is 0 Å². The third-order valence-corrected chi connectivity index (χ3v) is 3.57. The molecule has 0 aliphatic heterocycles. The third kappa shape index (κ3) is 6.84. The molecule has 0 aromatic carbocycles. The van der Waals surface area contributed by atoms with E-state index in [9.17, 15) is 0 Å². The summed E-state index contributed by atoms with van der Waals surface area (Å²) in [6, 6.07) is 0.582. The van der Waals surface area contributed by atoms with Crippen LogP contribution in [0.25, 0.3) is 0 Å². The van der Waals surface area contributed by atoms with Crippen molar-refractivity contribution in [2.75, 3.05) is 19.8 Å². The highest BCUT2D eigenvalue weighted by atomic mass is 32.1. The average Bonchev–Trinajstić information content (AvgIpc) is 2.32. The highest BCUT2D eigenvalue weighted by Crippen LogP contribution is 2.23. The molecule has 0 aromatic rings. The first-order chi connectivity index (χ1) is 8.22. The second-order valence-electron chi connectivity index (χ2n) is 4.91. The fraction of sp³-hybridized carbons (Fsp3) is 0.923. The molecule has 0 heterocycles. The maximum atomic E-state index is 5.28. The lowest BCUT2D eigenvalue weighted by Crippen LogP contribution is -2.43. The van der Waals surface area contributed by atoms with E-state index in [0.29, 0.717) is 6.04 Å². The van der Waals surface area contributed by atoms with Crippen molar-refractivity contribution >= 4 is 17.3 Å². The Kier molecular flexibility index (Phi) is 7.53. The molecule has 0 spiro atoms. The molecule has 1 aliphatic rings. The monoisotopic (exact) mass is 258 g/mol. The largest absolute Gasteiger partial charge is 0.382 e. The molecule has 0 radical (unpaired) electrons.